The summed E-state index contributed by atoms with van der Waals surface area (Å²) in [6.45, 7) is 5.08. The van der Waals surface area contributed by atoms with Crippen molar-refractivity contribution in [1.82, 2.24) is 14.8 Å². The number of amides is 1. The van der Waals surface area contributed by atoms with Crippen LogP contribution in [-0.4, -0.2) is 67.1 Å². The molecule has 24 heavy (non-hydrogen) atoms. The van der Waals surface area contributed by atoms with Crippen LogP contribution in [0.3, 0.4) is 0 Å². The van der Waals surface area contributed by atoms with Gasteiger partial charge >= 0.3 is 0 Å². The molecule has 0 N–H and O–H groups in total. The maximum absolute atomic E-state index is 12.8. The van der Waals surface area contributed by atoms with Gasteiger partial charge in [-0.2, -0.15) is 0 Å². The van der Waals surface area contributed by atoms with Crippen LogP contribution >= 0.6 is 11.6 Å². The van der Waals surface area contributed by atoms with E-state index < -0.39 is 0 Å². The fourth-order valence-electron chi connectivity index (χ4n) is 3.03. The van der Waals surface area contributed by atoms with Gasteiger partial charge in [-0.25, -0.2) is 4.98 Å². The van der Waals surface area contributed by atoms with E-state index in [1.807, 2.05) is 29.2 Å². The molecule has 0 bridgehead atoms. The topological polar surface area (TPSA) is 45.7 Å². The van der Waals surface area contributed by atoms with Gasteiger partial charge in [0.2, 0.25) is 0 Å². The number of aromatic nitrogens is 1. The number of rotatable bonds is 4. The summed E-state index contributed by atoms with van der Waals surface area (Å²) >= 11 is 5.91. The van der Waals surface area contributed by atoms with Crippen LogP contribution in [0.4, 0.5) is 0 Å². The molecule has 1 fully saturated rings. The molecule has 2 aromatic rings. The van der Waals surface area contributed by atoms with Gasteiger partial charge in [-0.15, -0.1) is 0 Å². The van der Waals surface area contributed by atoms with Crippen molar-refractivity contribution in [3.63, 3.8) is 0 Å². The Bertz CT molecular complexity index is 722. The van der Waals surface area contributed by atoms with Crippen molar-refractivity contribution in [3.05, 3.63) is 41.0 Å². The van der Waals surface area contributed by atoms with Gasteiger partial charge in [0.05, 0.1) is 12.1 Å². The summed E-state index contributed by atoms with van der Waals surface area (Å²) < 4.78 is 5.14. The van der Waals surface area contributed by atoms with Gasteiger partial charge in [-0.3, -0.25) is 9.69 Å². The minimum atomic E-state index is 0.0837. The van der Waals surface area contributed by atoms with Crippen LogP contribution in [0.5, 0.6) is 0 Å². The lowest BCUT2D eigenvalue weighted by Crippen LogP contribution is -2.36. The molecule has 0 saturated carbocycles. The number of ether oxygens (including phenoxy) is 1. The summed E-state index contributed by atoms with van der Waals surface area (Å²) in [5.74, 6) is 0.0837. The minimum absolute atomic E-state index is 0.0837. The highest BCUT2D eigenvalue weighted by Crippen LogP contribution is 2.18. The Balaban J connectivity index is 1.70. The third kappa shape index (κ3) is 4.04. The normalized spacial score (nSPS) is 16.3. The number of pyridine rings is 1. The van der Waals surface area contributed by atoms with Gasteiger partial charge < -0.3 is 9.64 Å². The Morgan fingerprint density at radius 3 is 2.92 bits per heavy atom. The number of hydrogen-bond donors (Lipinski definition) is 0. The van der Waals surface area contributed by atoms with Crippen molar-refractivity contribution in [1.29, 1.82) is 0 Å². The number of nitrogens with zero attached hydrogens (tertiary/aromatic N) is 3. The van der Waals surface area contributed by atoms with Gasteiger partial charge in [0.25, 0.3) is 5.91 Å². The number of halogens is 1. The van der Waals surface area contributed by atoms with E-state index in [4.69, 9.17) is 16.3 Å². The Labute approximate surface area is 147 Å². The smallest absolute Gasteiger partial charge is 0.253 e. The van der Waals surface area contributed by atoms with Crippen molar-refractivity contribution in [3.8, 4) is 0 Å². The summed E-state index contributed by atoms with van der Waals surface area (Å²) in [5.41, 5.74) is 1.51. The molecule has 0 aliphatic carbocycles. The third-order valence-electron chi connectivity index (χ3n) is 4.39. The Hall–Kier alpha value is -1.69. The average molecular weight is 348 g/mol. The standard InChI is InChI=1S/C18H22ClN3O2/c1-24-12-11-21-7-2-8-22(10-9-21)18(23)15-3-5-16-14(13-15)4-6-17(19)20-16/h3-6,13H,2,7-12H2,1H3. The van der Waals surface area contributed by atoms with Crippen LogP contribution < -0.4 is 0 Å². The van der Waals surface area contributed by atoms with Gasteiger partial charge in [0.15, 0.2) is 0 Å². The van der Waals surface area contributed by atoms with E-state index in [1.54, 1.807) is 13.2 Å². The minimum Gasteiger partial charge on any atom is -0.383 e. The third-order valence-corrected chi connectivity index (χ3v) is 4.60. The molecule has 1 aliphatic rings. The van der Waals surface area contributed by atoms with Gasteiger partial charge in [0, 0.05) is 44.2 Å². The van der Waals surface area contributed by atoms with Crippen molar-refractivity contribution < 1.29 is 9.53 Å². The average Bonchev–Trinajstić information content (AvgIpc) is 2.84. The van der Waals surface area contributed by atoms with Gasteiger partial charge in [-0.1, -0.05) is 11.6 Å². The van der Waals surface area contributed by atoms with E-state index in [2.05, 4.69) is 9.88 Å². The molecule has 1 aromatic heterocycles. The summed E-state index contributed by atoms with van der Waals surface area (Å²) in [7, 11) is 1.72. The molecule has 3 rings (SSSR count). The van der Waals surface area contributed by atoms with Crippen molar-refractivity contribution in [2.45, 2.75) is 6.42 Å². The van der Waals surface area contributed by atoms with Gasteiger partial charge in [-0.05, 0) is 43.3 Å². The van der Waals surface area contributed by atoms with Crippen LogP contribution in [-0.2, 0) is 4.74 Å². The summed E-state index contributed by atoms with van der Waals surface area (Å²) in [4.78, 5) is 21.4. The monoisotopic (exact) mass is 347 g/mol. The van der Waals surface area contributed by atoms with Crippen LogP contribution in [0.15, 0.2) is 30.3 Å². The summed E-state index contributed by atoms with van der Waals surface area (Å²) in [6.07, 6.45) is 0.986. The van der Waals surface area contributed by atoms with Crippen LogP contribution in [0.1, 0.15) is 16.8 Å². The molecule has 1 aromatic carbocycles. The first-order valence-electron chi connectivity index (χ1n) is 8.24. The molecule has 1 aliphatic heterocycles. The molecule has 0 unspecified atom stereocenters. The first kappa shape index (κ1) is 17.1. The van der Waals surface area contributed by atoms with Crippen molar-refractivity contribution in [2.24, 2.45) is 0 Å². The maximum atomic E-state index is 12.8. The molecular formula is C18H22ClN3O2. The molecule has 1 amide bonds. The van der Waals surface area contributed by atoms with E-state index in [1.165, 1.54) is 0 Å². The largest absolute Gasteiger partial charge is 0.383 e. The molecule has 6 heteroatoms. The number of benzene rings is 1. The first-order chi connectivity index (χ1) is 11.7. The predicted molar refractivity (Wildman–Crippen MR) is 95.6 cm³/mol. The Morgan fingerprint density at radius 2 is 2.08 bits per heavy atom. The molecule has 5 nitrogen and oxygen atoms in total. The van der Waals surface area contributed by atoms with E-state index in [0.29, 0.717) is 10.7 Å². The van der Waals surface area contributed by atoms with Crippen molar-refractivity contribution in [2.75, 3.05) is 46.4 Å². The van der Waals surface area contributed by atoms with E-state index in [0.717, 1.165) is 56.7 Å². The van der Waals surface area contributed by atoms with Crippen molar-refractivity contribution >= 4 is 28.4 Å². The van der Waals surface area contributed by atoms with Crippen LogP contribution in [0.2, 0.25) is 5.15 Å². The SMILES string of the molecule is COCCN1CCCN(C(=O)c2ccc3nc(Cl)ccc3c2)CC1. The lowest BCUT2D eigenvalue weighted by atomic mass is 10.1. The zero-order chi connectivity index (χ0) is 16.9. The van der Waals surface area contributed by atoms with Gasteiger partial charge in [0.1, 0.15) is 5.15 Å². The van der Waals surface area contributed by atoms with Crippen LogP contribution in [0, 0.1) is 0 Å². The number of carbonyl (C=O) groups is 1. The maximum Gasteiger partial charge on any atom is 0.253 e. The number of hydrogen-bond acceptors (Lipinski definition) is 4. The molecule has 0 atom stereocenters. The first-order valence-corrected chi connectivity index (χ1v) is 8.62. The van der Waals surface area contributed by atoms with E-state index in [9.17, 15) is 4.79 Å². The highest BCUT2D eigenvalue weighted by molar-refractivity contribution is 6.29. The lowest BCUT2D eigenvalue weighted by molar-refractivity contribution is 0.0759. The van der Waals surface area contributed by atoms with E-state index >= 15 is 0 Å². The summed E-state index contributed by atoms with van der Waals surface area (Å²) in [6, 6.07) is 9.24. The second kappa shape index (κ2) is 7.92. The molecule has 2 heterocycles. The molecular weight excluding hydrogens is 326 g/mol. The molecule has 128 valence electrons. The zero-order valence-electron chi connectivity index (χ0n) is 13.9. The Morgan fingerprint density at radius 1 is 1.21 bits per heavy atom. The van der Waals surface area contributed by atoms with Crippen LogP contribution in [0.25, 0.3) is 10.9 Å². The molecule has 0 radical (unpaired) electrons. The number of methoxy groups -OCH3 is 1. The second-order valence-electron chi connectivity index (χ2n) is 6.02. The Kier molecular flexibility index (Phi) is 5.66. The van der Waals surface area contributed by atoms with E-state index in [-0.39, 0.29) is 5.91 Å². The zero-order valence-corrected chi connectivity index (χ0v) is 14.6. The molecule has 1 saturated heterocycles. The number of carbonyl (C=O) groups excluding carboxylic acids is 1. The highest BCUT2D eigenvalue weighted by atomic mass is 35.5. The summed E-state index contributed by atoms with van der Waals surface area (Å²) in [5, 5.41) is 1.40. The quantitative estimate of drug-likeness (QED) is 0.798. The second-order valence-corrected chi connectivity index (χ2v) is 6.41. The predicted octanol–water partition coefficient (Wildman–Crippen LogP) is 2.68. The number of fused-ring (bicyclic) bond motifs is 1. The fraction of sp³-hybridized carbons (Fsp3) is 0.444. The highest BCUT2D eigenvalue weighted by Gasteiger charge is 2.20. The fourth-order valence-corrected chi connectivity index (χ4v) is 3.19. The molecule has 0 spiro atoms. The lowest BCUT2D eigenvalue weighted by Gasteiger charge is -2.22.